The summed E-state index contributed by atoms with van der Waals surface area (Å²) in [4.78, 5) is 27.4. The largest absolute Gasteiger partial charge is 0.464 e. The highest BCUT2D eigenvalue weighted by Gasteiger charge is 2.29. The molecule has 0 amide bonds. The number of carbonyl (C=O) groups excluding carboxylic acids is 1. The first-order valence-corrected chi connectivity index (χ1v) is 5.69. The topological polar surface area (TPSA) is 106 Å². The highest BCUT2D eigenvalue weighted by atomic mass is 16.6. The fourth-order valence-electron chi connectivity index (χ4n) is 1.97. The van der Waals surface area contributed by atoms with Gasteiger partial charge in [-0.15, -0.1) is 0 Å². The lowest BCUT2D eigenvalue weighted by Crippen LogP contribution is -2.24. The summed E-state index contributed by atoms with van der Waals surface area (Å²) in [5.74, 6) is -0.569. The molecule has 1 aromatic rings. The zero-order valence-electron chi connectivity index (χ0n) is 10.3. The van der Waals surface area contributed by atoms with Crippen molar-refractivity contribution in [2.45, 2.75) is 12.5 Å². The molecule has 1 atom stereocenters. The number of hydrogen-bond acceptors (Lipinski definition) is 7. The Balaban J connectivity index is 2.42. The van der Waals surface area contributed by atoms with Crippen LogP contribution in [0.2, 0.25) is 0 Å². The number of hydrogen-bond donors (Lipinski definition) is 1. The van der Waals surface area contributed by atoms with E-state index in [-0.39, 0.29) is 23.7 Å². The smallest absolute Gasteiger partial charge is 0.356 e. The summed E-state index contributed by atoms with van der Waals surface area (Å²) in [5, 5.41) is 20.5. The van der Waals surface area contributed by atoms with Gasteiger partial charge in [0.15, 0.2) is 5.69 Å². The first kappa shape index (κ1) is 13.2. The number of esters is 1. The molecule has 2 rings (SSSR count). The summed E-state index contributed by atoms with van der Waals surface area (Å²) in [6.45, 7) is 0.720. The van der Waals surface area contributed by atoms with Crippen LogP contribution in [0.4, 0.5) is 11.5 Å². The molecule has 1 saturated heterocycles. The predicted octanol–water partition coefficient (Wildman–Crippen LogP) is 0.347. The number of aliphatic hydroxyl groups excluding tert-OH is 1. The molecular formula is C11H13N3O5. The van der Waals surface area contributed by atoms with Crippen molar-refractivity contribution in [1.29, 1.82) is 0 Å². The maximum absolute atomic E-state index is 11.4. The number of nitrogens with zero attached hydrogens (tertiary/aromatic N) is 3. The second-order valence-corrected chi connectivity index (χ2v) is 4.18. The Labute approximate surface area is 108 Å². The molecule has 8 heteroatoms. The van der Waals surface area contributed by atoms with E-state index in [1.165, 1.54) is 19.2 Å². The lowest BCUT2D eigenvalue weighted by atomic mass is 10.3. The first-order chi connectivity index (χ1) is 9.02. The highest BCUT2D eigenvalue weighted by Crippen LogP contribution is 2.29. The third-order valence-electron chi connectivity index (χ3n) is 2.91. The Morgan fingerprint density at radius 3 is 2.89 bits per heavy atom. The van der Waals surface area contributed by atoms with Crippen LogP contribution in [0.5, 0.6) is 0 Å². The molecule has 8 nitrogen and oxygen atoms in total. The maximum Gasteiger partial charge on any atom is 0.356 e. The molecule has 1 fully saturated rings. The number of aliphatic hydroxyl groups is 1. The lowest BCUT2D eigenvalue weighted by Gasteiger charge is -2.16. The number of carbonyl (C=O) groups is 1. The Morgan fingerprint density at radius 2 is 2.37 bits per heavy atom. The fourth-order valence-corrected chi connectivity index (χ4v) is 1.97. The summed E-state index contributed by atoms with van der Waals surface area (Å²) in [6.07, 6.45) is -0.0236. The van der Waals surface area contributed by atoms with E-state index in [9.17, 15) is 20.0 Å². The summed E-state index contributed by atoms with van der Waals surface area (Å²) in [5.41, 5.74) is -0.189. The quantitative estimate of drug-likeness (QED) is 0.478. The molecule has 1 N–H and O–H groups in total. The van der Waals surface area contributed by atoms with Gasteiger partial charge in [0.2, 0.25) is 5.82 Å². The summed E-state index contributed by atoms with van der Waals surface area (Å²) >= 11 is 0. The van der Waals surface area contributed by atoms with Gasteiger partial charge in [0.05, 0.1) is 18.1 Å². The maximum atomic E-state index is 11.4. The molecule has 0 radical (unpaired) electrons. The van der Waals surface area contributed by atoms with Gasteiger partial charge in [0.25, 0.3) is 0 Å². The number of ether oxygens (including phenoxy) is 1. The van der Waals surface area contributed by atoms with E-state index in [1.54, 1.807) is 4.90 Å². The van der Waals surface area contributed by atoms with Crippen molar-refractivity contribution < 1.29 is 19.6 Å². The van der Waals surface area contributed by atoms with Crippen LogP contribution >= 0.6 is 0 Å². The number of rotatable bonds is 3. The Bertz CT molecular complexity index is 519. The number of anilines is 1. The van der Waals surface area contributed by atoms with Gasteiger partial charge in [-0.1, -0.05) is 0 Å². The van der Waals surface area contributed by atoms with Gasteiger partial charge >= 0.3 is 11.7 Å². The molecule has 0 aromatic carbocycles. The standard InChI is InChI=1S/C11H13N3O5/c1-19-11(16)8-2-3-9(14(17)18)10(12-8)13-5-4-7(15)6-13/h2-3,7,15H,4-6H2,1H3. The second-order valence-electron chi connectivity index (χ2n) is 4.18. The number of nitro groups is 1. The molecule has 2 heterocycles. The third-order valence-corrected chi connectivity index (χ3v) is 2.91. The number of aromatic nitrogens is 1. The van der Waals surface area contributed by atoms with Crippen LogP contribution in [0.3, 0.4) is 0 Å². The van der Waals surface area contributed by atoms with Crippen molar-refractivity contribution in [1.82, 2.24) is 4.98 Å². The molecular weight excluding hydrogens is 254 g/mol. The average molecular weight is 267 g/mol. The Morgan fingerprint density at radius 1 is 1.63 bits per heavy atom. The van der Waals surface area contributed by atoms with Crippen LogP contribution in [-0.4, -0.2) is 47.3 Å². The molecule has 1 aliphatic rings. The van der Waals surface area contributed by atoms with Crippen molar-refractivity contribution in [2.24, 2.45) is 0 Å². The van der Waals surface area contributed by atoms with Crippen molar-refractivity contribution in [3.8, 4) is 0 Å². The lowest BCUT2D eigenvalue weighted by molar-refractivity contribution is -0.384. The van der Waals surface area contributed by atoms with Crippen LogP contribution < -0.4 is 4.90 Å². The van der Waals surface area contributed by atoms with E-state index in [2.05, 4.69) is 9.72 Å². The SMILES string of the molecule is COC(=O)c1ccc([N+](=O)[O-])c(N2CCC(O)C2)n1. The van der Waals surface area contributed by atoms with Crippen molar-refractivity contribution in [3.05, 3.63) is 27.9 Å². The molecule has 0 spiro atoms. The van der Waals surface area contributed by atoms with Crippen molar-refractivity contribution in [3.63, 3.8) is 0 Å². The van der Waals surface area contributed by atoms with E-state index >= 15 is 0 Å². The van der Waals surface area contributed by atoms with E-state index in [0.29, 0.717) is 13.0 Å². The van der Waals surface area contributed by atoms with Gasteiger partial charge in [0, 0.05) is 19.2 Å². The minimum Gasteiger partial charge on any atom is -0.464 e. The predicted molar refractivity (Wildman–Crippen MR) is 65.1 cm³/mol. The van der Waals surface area contributed by atoms with Gasteiger partial charge < -0.3 is 14.7 Å². The van der Waals surface area contributed by atoms with Gasteiger partial charge in [0.1, 0.15) is 0 Å². The third kappa shape index (κ3) is 2.63. The molecule has 102 valence electrons. The number of methoxy groups -OCH3 is 1. The number of pyridine rings is 1. The highest BCUT2D eigenvalue weighted by molar-refractivity contribution is 5.88. The summed E-state index contributed by atoms with van der Waals surface area (Å²) in [7, 11) is 1.21. The van der Waals surface area contributed by atoms with E-state index < -0.39 is 17.0 Å². The van der Waals surface area contributed by atoms with Gasteiger partial charge in [-0.05, 0) is 12.5 Å². The van der Waals surface area contributed by atoms with Gasteiger partial charge in [-0.3, -0.25) is 10.1 Å². The first-order valence-electron chi connectivity index (χ1n) is 5.69. The molecule has 1 aromatic heterocycles. The summed E-state index contributed by atoms with van der Waals surface area (Å²) < 4.78 is 4.54. The molecule has 0 saturated carbocycles. The molecule has 1 unspecified atom stereocenters. The van der Waals surface area contributed by atoms with E-state index in [4.69, 9.17) is 0 Å². The molecule has 19 heavy (non-hydrogen) atoms. The summed E-state index contributed by atoms with van der Waals surface area (Å²) in [6, 6.07) is 2.47. The van der Waals surface area contributed by atoms with Crippen LogP contribution in [0, 0.1) is 10.1 Å². The average Bonchev–Trinajstić information content (AvgIpc) is 2.83. The Kier molecular flexibility index (Phi) is 3.61. The van der Waals surface area contributed by atoms with E-state index in [0.717, 1.165) is 0 Å². The van der Waals surface area contributed by atoms with Gasteiger partial charge in [-0.25, -0.2) is 9.78 Å². The normalized spacial score (nSPS) is 18.4. The zero-order chi connectivity index (χ0) is 14.0. The zero-order valence-corrected chi connectivity index (χ0v) is 10.3. The van der Waals surface area contributed by atoms with Crippen LogP contribution in [0.25, 0.3) is 0 Å². The minimum atomic E-state index is -0.657. The molecule has 0 aliphatic carbocycles. The number of β-amino-alcohol motifs (C(OH)–C–C–N with tert-alkyl or cyclic N) is 1. The second kappa shape index (κ2) is 5.19. The van der Waals surface area contributed by atoms with Crippen molar-refractivity contribution in [2.75, 3.05) is 25.1 Å². The molecule has 1 aliphatic heterocycles. The van der Waals surface area contributed by atoms with Crippen LogP contribution in [-0.2, 0) is 4.74 Å². The van der Waals surface area contributed by atoms with E-state index in [1.807, 2.05) is 0 Å². The monoisotopic (exact) mass is 267 g/mol. The van der Waals surface area contributed by atoms with Crippen LogP contribution in [0.1, 0.15) is 16.9 Å². The fraction of sp³-hybridized carbons (Fsp3) is 0.455. The van der Waals surface area contributed by atoms with Gasteiger partial charge in [-0.2, -0.15) is 0 Å². The van der Waals surface area contributed by atoms with Crippen LogP contribution in [0.15, 0.2) is 12.1 Å². The molecule has 0 bridgehead atoms. The minimum absolute atomic E-state index is 0.00416. The van der Waals surface area contributed by atoms with Crippen molar-refractivity contribution >= 4 is 17.5 Å². The Hall–Kier alpha value is -2.22.